The summed E-state index contributed by atoms with van der Waals surface area (Å²) in [6.07, 6.45) is 1.46. The molecule has 0 aromatic heterocycles. The maximum atomic E-state index is 12.4. The molecule has 0 saturated heterocycles. The first-order chi connectivity index (χ1) is 10.5. The van der Waals surface area contributed by atoms with E-state index in [9.17, 15) is 13.2 Å². The predicted octanol–water partition coefficient (Wildman–Crippen LogP) is 2.59. The van der Waals surface area contributed by atoms with Crippen LogP contribution in [0.2, 0.25) is 0 Å². The lowest BCUT2D eigenvalue weighted by molar-refractivity contribution is 0.0696. The fourth-order valence-corrected chi connectivity index (χ4v) is 3.68. The van der Waals surface area contributed by atoms with Crippen LogP contribution < -0.4 is 4.74 Å². The van der Waals surface area contributed by atoms with Gasteiger partial charge in [0.1, 0.15) is 12.4 Å². The molecule has 1 aliphatic heterocycles. The second-order valence-corrected chi connectivity index (χ2v) is 6.74. The number of benzene rings is 2. The summed E-state index contributed by atoms with van der Waals surface area (Å²) in [5.41, 5.74) is 0.432. The summed E-state index contributed by atoms with van der Waals surface area (Å²) in [5, 5.41) is 8.97. The van der Waals surface area contributed by atoms with Gasteiger partial charge in [-0.2, -0.15) is 0 Å². The van der Waals surface area contributed by atoms with E-state index >= 15 is 0 Å². The Balaban J connectivity index is 1.89. The van der Waals surface area contributed by atoms with Gasteiger partial charge in [0.25, 0.3) is 0 Å². The smallest absolute Gasteiger partial charge is 0.335 e. The molecular weight excluding hydrogens is 304 g/mol. The van der Waals surface area contributed by atoms with Crippen molar-refractivity contribution in [2.24, 2.45) is 0 Å². The first kappa shape index (κ1) is 14.3. The van der Waals surface area contributed by atoms with Crippen LogP contribution in [0.5, 0.6) is 5.75 Å². The van der Waals surface area contributed by atoms with Gasteiger partial charge in [-0.15, -0.1) is 0 Å². The van der Waals surface area contributed by atoms with Gasteiger partial charge < -0.3 is 9.84 Å². The van der Waals surface area contributed by atoms with Gasteiger partial charge in [0, 0.05) is 0 Å². The predicted molar refractivity (Wildman–Crippen MR) is 80.5 cm³/mol. The summed E-state index contributed by atoms with van der Waals surface area (Å²) in [5.74, 6) is -0.525. The van der Waals surface area contributed by atoms with Crippen molar-refractivity contribution in [3.8, 4) is 5.75 Å². The molecule has 1 heterocycles. The van der Waals surface area contributed by atoms with Crippen LogP contribution in [0.1, 0.15) is 15.9 Å². The number of carbonyl (C=O) groups is 1. The number of aromatic carboxylic acids is 1. The minimum absolute atomic E-state index is 0.0513. The van der Waals surface area contributed by atoms with E-state index in [0.717, 1.165) is 0 Å². The third kappa shape index (κ3) is 2.48. The Kier molecular flexibility index (Phi) is 3.46. The van der Waals surface area contributed by atoms with Gasteiger partial charge in [0.05, 0.1) is 15.4 Å². The third-order valence-corrected chi connectivity index (χ3v) is 5.21. The highest BCUT2D eigenvalue weighted by Crippen LogP contribution is 2.33. The number of para-hydroxylation sites is 1. The summed E-state index contributed by atoms with van der Waals surface area (Å²) in [6, 6.07) is 12.8. The average Bonchev–Trinajstić information content (AvgIpc) is 2.76. The maximum Gasteiger partial charge on any atom is 0.335 e. The van der Waals surface area contributed by atoms with Crippen LogP contribution in [-0.4, -0.2) is 26.1 Å². The summed E-state index contributed by atoms with van der Waals surface area (Å²) in [6.45, 7) is -0.0938. The lowest BCUT2D eigenvalue weighted by Gasteiger charge is -2.07. The molecule has 5 nitrogen and oxygen atoms in total. The third-order valence-electron chi connectivity index (χ3n) is 3.33. The molecule has 1 aliphatic rings. The Morgan fingerprint density at radius 2 is 1.82 bits per heavy atom. The minimum Gasteiger partial charge on any atom is -0.488 e. The number of carboxylic acid groups (broad SMARTS) is 1. The van der Waals surface area contributed by atoms with Crippen LogP contribution in [0, 0.1) is 0 Å². The standard InChI is InChI=1S/C16H12O5S/c17-16(18)11-6-7-15-12(8-11)9-14(22(15,19)20)10-21-13-4-2-1-3-5-13/h1-9H,10H2,(H,17,18). The highest BCUT2D eigenvalue weighted by Gasteiger charge is 2.30. The Hall–Kier alpha value is -2.60. The SMILES string of the molecule is O=C(O)c1ccc2c(c1)C=C(COc1ccccc1)S2(=O)=O. The van der Waals surface area contributed by atoms with Gasteiger partial charge in [0.2, 0.25) is 9.84 Å². The molecule has 0 spiro atoms. The lowest BCUT2D eigenvalue weighted by Crippen LogP contribution is -2.09. The van der Waals surface area contributed by atoms with E-state index in [1.807, 2.05) is 6.07 Å². The molecule has 22 heavy (non-hydrogen) atoms. The number of hydrogen-bond acceptors (Lipinski definition) is 4. The lowest BCUT2D eigenvalue weighted by atomic mass is 10.1. The molecule has 0 radical (unpaired) electrons. The number of sulfone groups is 1. The van der Waals surface area contributed by atoms with E-state index < -0.39 is 15.8 Å². The second kappa shape index (κ2) is 5.31. The molecule has 0 amide bonds. The van der Waals surface area contributed by atoms with Crippen LogP contribution in [0.25, 0.3) is 6.08 Å². The Labute approximate surface area is 127 Å². The van der Waals surface area contributed by atoms with E-state index in [1.54, 1.807) is 24.3 Å². The normalized spacial score (nSPS) is 15.0. The molecule has 0 aliphatic carbocycles. The van der Waals surface area contributed by atoms with Gasteiger partial charge >= 0.3 is 5.97 Å². The van der Waals surface area contributed by atoms with E-state index in [1.165, 1.54) is 24.3 Å². The maximum absolute atomic E-state index is 12.4. The van der Waals surface area contributed by atoms with E-state index in [4.69, 9.17) is 9.84 Å². The molecule has 1 N–H and O–H groups in total. The second-order valence-electron chi connectivity index (χ2n) is 4.77. The number of fused-ring (bicyclic) bond motifs is 1. The summed E-state index contributed by atoms with van der Waals surface area (Å²) >= 11 is 0. The van der Waals surface area contributed by atoms with Gasteiger partial charge in [-0.3, -0.25) is 0 Å². The molecule has 112 valence electrons. The van der Waals surface area contributed by atoms with E-state index in [-0.39, 0.29) is 22.0 Å². The zero-order chi connectivity index (χ0) is 15.7. The quantitative estimate of drug-likeness (QED) is 0.937. The van der Waals surface area contributed by atoms with Crippen molar-refractivity contribution in [3.05, 3.63) is 64.6 Å². The van der Waals surface area contributed by atoms with Crippen molar-refractivity contribution in [1.29, 1.82) is 0 Å². The molecule has 0 unspecified atom stereocenters. The Morgan fingerprint density at radius 1 is 1.09 bits per heavy atom. The summed E-state index contributed by atoms with van der Waals surface area (Å²) < 4.78 is 30.3. The molecule has 0 bridgehead atoms. The summed E-state index contributed by atoms with van der Waals surface area (Å²) in [7, 11) is -3.62. The molecule has 0 atom stereocenters. The van der Waals surface area contributed by atoms with Crippen molar-refractivity contribution in [1.82, 2.24) is 0 Å². The first-order valence-electron chi connectivity index (χ1n) is 6.49. The van der Waals surface area contributed by atoms with E-state index in [0.29, 0.717) is 11.3 Å². The van der Waals surface area contributed by atoms with Crippen molar-refractivity contribution >= 4 is 21.9 Å². The average molecular weight is 316 g/mol. The molecule has 2 aromatic rings. The van der Waals surface area contributed by atoms with Gasteiger partial charge in [-0.05, 0) is 42.0 Å². The number of carboxylic acids is 1. The van der Waals surface area contributed by atoms with Crippen LogP contribution in [-0.2, 0) is 9.84 Å². The minimum atomic E-state index is -3.62. The number of ether oxygens (including phenoxy) is 1. The zero-order valence-electron chi connectivity index (χ0n) is 11.4. The van der Waals surface area contributed by atoms with Crippen LogP contribution >= 0.6 is 0 Å². The van der Waals surface area contributed by atoms with Gasteiger partial charge in [-0.25, -0.2) is 13.2 Å². The van der Waals surface area contributed by atoms with Crippen molar-refractivity contribution in [2.75, 3.05) is 6.61 Å². The van der Waals surface area contributed by atoms with E-state index in [2.05, 4.69) is 0 Å². The van der Waals surface area contributed by atoms with Crippen molar-refractivity contribution in [3.63, 3.8) is 0 Å². The monoisotopic (exact) mass is 316 g/mol. The van der Waals surface area contributed by atoms with Crippen LogP contribution in [0.4, 0.5) is 0 Å². The van der Waals surface area contributed by atoms with Crippen molar-refractivity contribution < 1.29 is 23.1 Å². The number of hydrogen-bond donors (Lipinski definition) is 1. The highest BCUT2D eigenvalue weighted by molar-refractivity contribution is 7.95. The largest absolute Gasteiger partial charge is 0.488 e. The summed E-state index contributed by atoms with van der Waals surface area (Å²) in [4.78, 5) is 11.2. The fourth-order valence-electron chi connectivity index (χ4n) is 2.22. The molecule has 3 rings (SSSR count). The van der Waals surface area contributed by atoms with Crippen LogP contribution in [0.3, 0.4) is 0 Å². The Morgan fingerprint density at radius 3 is 2.50 bits per heavy atom. The van der Waals surface area contributed by atoms with Crippen LogP contribution in [0.15, 0.2) is 58.3 Å². The first-order valence-corrected chi connectivity index (χ1v) is 7.97. The zero-order valence-corrected chi connectivity index (χ0v) is 12.2. The molecule has 0 saturated carbocycles. The fraction of sp³-hybridized carbons (Fsp3) is 0.0625. The molecular formula is C16H12O5S. The van der Waals surface area contributed by atoms with Crippen molar-refractivity contribution in [2.45, 2.75) is 4.90 Å². The molecule has 2 aromatic carbocycles. The molecule has 0 fully saturated rings. The Bertz CT molecular complexity index is 867. The molecule has 6 heteroatoms. The number of rotatable bonds is 4. The highest BCUT2D eigenvalue weighted by atomic mass is 32.2. The van der Waals surface area contributed by atoms with Gasteiger partial charge in [0.15, 0.2) is 0 Å². The topological polar surface area (TPSA) is 80.7 Å². The van der Waals surface area contributed by atoms with Gasteiger partial charge in [-0.1, -0.05) is 18.2 Å².